The molecule has 0 heterocycles. The molecule has 0 amide bonds. The number of carbonyl (C=O) groups excluding carboxylic acids is 1. The molecule has 0 bridgehead atoms. The van der Waals surface area contributed by atoms with Crippen LogP contribution in [0.3, 0.4) is 0 Å². The van der Waals surface area contributed by atoms with E-state index < -0.39 is 0 Å². The molecule has 2 aromatic rings. The van der Waals surface area contributed by atoms with E-state index in [1.807, 2.05) is 37.3 Å². The fourth-order valence-electron chi connectivity index (χ4n) is 1.85. The molecule has 0 radical (unpaired) electrons. The summed E-state index contributed by atoms with van der Waals surface area (Å²) in [6.45, 7) is 1.92. The summed E-state index contributed by atoms with van der Waals surface area (Å²) in [6.07, 6.45) is 0. The highest BCUT2D eigenvalue weighted by molar-refractivity contribution is 9.11. The number of hydrogen-bond acceptors (Lipinski definition) is 2. The van der Waals surface area contributed by atoms with Crippen molar-refractivity contribution in [2.45, 2.75) is 6.92 Å². The Morgan fingerprint density at radius 1 is 1.11 bits per heavy atom. The lowest BCUT2D eigenvalue weighted by atomic mass is 10.0. The molecule has 0 N–H and O–H groups in total. The monoisotopic (exact) mass is 382 g/mol. The van der Waals surface area contributed by atoms with Crippen molar-refractivity contribution < 1.29 is 9.53 Å². The van der Waals surface area contributed by atoms with Crippen LogP contribution in [0.4, 0.5) is 0 Å². The van der Waals surface area contributed by atoms with E-state index in [0.29, 0.717) is 11.1 Å². The van der Waals surface area contributed by atoms with Gasteiger partial charge in [-0.05, 0) is 48.9 Å². The van der Waals surface area contributed by atoms with E-state index in [4.69, 9.17) is 4.74 Å². The molecular formula is C15H12Br2O2. The third-order valence-electron chi connectivity index (χ3n) is 2.83. The van der Waals surface area contributed by atoms with Crippen LogP contribution in [0.15, 0.2) is 45.3 Å². The lowest BCUT2D eigenvalue weighted by Crippen LogP contribution is -2.03. The molecule has 98 valence electrons. The van der Waals surface area contributed by atoms with Crippen LogP contribution in [0.25, 0.3) is 0 Å². The zero-order valence-corrected chi connectivity index (χ0v) is 13.7. The summed E-state index contributed by atoms with van der Waals surface area (Å²) in [7, 11) is 1.62. The fraction of sp³-hybridized carbons (Fsp3) is 0.133. The molecular weight excluding hydrogens is 372 g/mol. The van der Waals surface area contributed by atoms with Gasteiger partial charge < -0.3 is 4.74 Å². The Kier molecular flexibility index (Phi) is 4.42. The first-order chi connectivity index (χ1) is 9.02. The van der Waals surface area contributed by atoms with Gasteiger partial charge in [0.25, 0.3) is 0 Å². The van der Waals surface area contributed by atoms with Crippen molar-refractivity contribution in [2.75, 3.05) is 7.11 Å². The summed E-state index contributed by atoms with van der Waals surface area (Å²) in [5.74, 6) is 0.767. The lowest BCUT2D eigenvalue weighted by Gasteiger charge is -2.08. The molecule has 0 aliphatic carbocycles. The van der Waals surface area contributed by atoms with Crippen LogP contribution < -0.4 is 4.74 Å². The topological polar surface area (TPSA) is 26.3 Å². The minimum Gasteiger partial charge on any atom is -0.496 e. The highest BCUT2D eigenvalue weighted by atomic mass is 79.9. The quantitative estimate of drug-likeness (QED) is 0.714. The number of methoxy groups -OCH3 is 1. The first kappa shape index (κ1) is 14.3. The lowest BCUT2D eigenvalue weighted by molar-refractivity contribution is 0.103. The Morgan fingerprint density at radius 2 is 1.84 bits per heavy atom. The maximum atomic E-state index is 12.5. The van der Waals surface area contributed by atoms with E-state index in [1.54, 1.807) is 13.2 Å². The van der Waals surface area contributed by atoms with Gasteiger partial charge in [0.05, 0.1) is 7.11 Å². The third-order valence-corrected chi connectivity index (χ3v) is 4.01. The van der Waals surface area contributed by atoms with Gasteiger partial charge >= 0.3 is 0 Å². The van der Waals surface area contributed by atoms with E-state index in [1.165, 1.54) is 0 Å². The standard InChI is InChI=1S/C15H12Br2O2/c1-9-7-10(3-6-14(9)19-2)15(18)12-8-11(16)4-5-13(12)17/h3-8H,1-2H3. The largest absolute Gasteiger partial charge is 0.496 e. The fourth-order valence-corrected chi connectivity index (χ4v) is 2.63. The van der Waals surface area contributed by atoms with Crippen LogP contribution in [0.2, 0.25) is 0 Å². The number of aryl methyl sites for hydroxylation is 1. The molecule has 0 aliphatic heterocycles. The molecule has 0 fully saturated rings. The predicted molar refractivity (Wildman–Crippen MR) is 83.0 cm³/mol. The molecule has 0 spiro atoms. The number of ether oxygens (including phenoxy) is 1. The molecule has 0 atom stereocenters. The van der Waals surface area contributed by atoms with Crippen LogP contribution in [-0.2, 0) is 0 Å². The van der Waals surface area contributed by atoms with Gasteiger partial charge in [0, 0.05) is 20.1 Å². The first-order valence-electron chi connectivity index (χ1n) is 5.67. The van der Waals surface area contributed by atoms with Gasteiger partial charge in [-0.2, -0.15) is 0 Å². The van der Waals surface area contributed by atoms with Crippen molar-refractivity contribution in [2.24, 2.45) is 0 Å². The molecule has 0 saturated heterocycles. The smallest absolute Gasteiger partial charge is 0.194 e. The zero-order chi connectivity index (χ0) is 14.0. The van der Waals surface area contributed by atoms with Crippen LogP contribution in [0.5, 0.6) is 5.75 Å². The molecule has 2 rings (SSSR count). The van der Waals surface area contributed by atoms with Gasteiger partial charge in [-0.3, -0.25) is 4.79 Å². The van der Waals surface area contributed by atoms with Crippen LogP contribution in [0.1, 0.15) is 21.5 Å². The Hall–Kier alpha value is -1.13. The molecule has 2 nitrogen and oxygen atoms in total. The van der Waals surface area contributed by atoms with E-state index >= 15 is 0 Å². The van der Waals surface area contributed by atoms with Crippen LogP contribution in [-0.4, -0.2) is 12.9 Å². The van der Waals surface area contributed by atoms with Gasteiger partial charge in [-0.25, -0.2) is 0 Å². The molecule has 0 aromatic heterocycles. The van der Waals surface area contributed by atoms with Crippen molar-refractivity contribution in [1.82, 2.24) is 0 Å². The van der Waals surface area contributed by atoms with E-state index in [9.17, 15) is 4.79 Å². The molecule has 4 heteroatoms. The number of halogens is 2. The Morgan fingerprint density at radius 3 is 2.47 bits per heavy atom. The number of ketones is 1. The normalized spacial score (nSPS) is 10.3. The van der Waals surface area contributed by atoms with Gasteiger partial charge in [0.15, 0.2) is 5.78 Å². The maximum absolute atomic E-state index is 12.5. The molecule has 0 saturated carbocycles. The van der Waals surface area contributed by atoms with E-state index in [2.05, 4.69) is 31.9 Å². The minimum absolute atomic E-state index is 0.0149. The van der Waals surface area contributed by atoms with Gasteiger partial charge in [-0.1, -0.05) is 31.9 Å². The average molecular weight is 384 g/mol. The Labute approximate surface area is 129 Å². The molecule has 2 aromatic carbocycles. The summed E-state index contributed by atoms with van der Waals surface area (Å²) in [5, 5.41) is 0. The summed E-state index contributed by atoms with van der Waals surface area (Å²) in [5.41, 5.74) is 2.23. The highest BCUT2D eigenvalue weighted by Gasteiger charge is 2.14. The summed E-state index contributed by atoms with van der Waals surface area (Å²) < 4.78 is 6.87. The number of rotatable bonds is 3. The van der Waals surface area contributed by atoms with E-state index in [-0.39, 0.29) is 5.78 Å². The van der Waals surface area contributed by atoms with Crippen LogP contribution in [0, 0.1) is 6.92 Å². The second kappa shape index (κ2) is 5.88. The SMILES string of the molecule is COc1ccc(C(=O)c2cc(Br)ccc2Br)cc1C. The second-order valence-corrected chi connectivity index (χ2v) is 5.91. The first-order valence-corrected chi connectivity index (χ1v) is 7.26. The van der Waals surface area contributed by atoms with Crippen LogP contribution >= 0.6 is 31.9 Å². The number of benzene rings is 2. The average Bonchev–Trinajstić information content (AvgIpc) is 2.40. The van der Waals surface area contributed by atoms with Crippen molar-refractivity contribution >= 4 is 37.6 Å². The van der Waals surface area contributed by atoms with Gasteiger partial charge in [0.2, 0.25) is 0 Å². The van der Waals surface area contributed by atoms with Crippen molar-refractivity contribution in [3.05, 3.63) is 62.0 Å². The number of hydrogen-bond donors (Lipinski definition) is 0. The molecule has 0 unspecified atom stereocenters. The minimum atomic E-state index is -0.0149. The summed E-state index contributed by atoms with van der Waals surface area (Å²) in [4.78, 5) is 12.5. The highest BCUT2D eigenvalue weighted by Crippen LogP contribution is 2.26. The van der Waals surface area contributed by atoms with E-state index in [0.717, 1.165) is 20.3 Å². The second-order valence-electron chi connectivity index (χ2n) is 4.14. The van der Waals surface area contributed by atoms with Crippen molar-refractivity contribution in [1.29, 1.82) is 0 Å². The third kappa shape index (κ3) is 3.07. The van der Waals surface area contributed by atoms with Gasteiger partial charge in [0.1, 0.15) is 5.75 Å². The number of carbonyl (C=O) groups is 1. The summed E-state index contributed by atoms with van der Waals surface area (Å²) >= 11 is 6.79. The van der Waals surface area contributed by atoms with Gasteiger partial charge in [-0.15, -0.1) is 0 Å². The van der Waals surface area contributed by atoms with Crippen molar-refractivity contribution in [3.63, 3.8) is 0 Å². The predicted octanol–water partition coefficient (Wildman–Crippen LogP) is 4.76. The maximum Gasteiger partial charge on any atom is 0.194 e. The summed E-state index contributed by atoms with van der Waals surface area (Å²) in [6, 6.07) is 11.0. The molecule has 19 heavy (non-hydrogen) atoms. The van der Waals surface area contributed by atoms with Crippen molar-refractivity contribution in [3.8, 4) is 5.75 Å². The zero-order valence-electron chi connectivity index (χ0n) is 10.5. The Bertz CT molecular complexity index is 636. The molecule has 0 aliphatic rings. The Balaban J connectivity index is 2.44.